The van der Waals surface area contributed by atoms with E-state index in [1.54, 1.807) is 18.1 Å². The minimum absolute atomic E-state index is 0.00641. The third-order valence-corrected chi connectivity index (χ3v) is 5.16. The summed E-state index contributed by atoms with van der Waals surface area (Å²) in [5.74, 6) is 0.344. The van der Waals surface area contributed by atoms with Gasteiger partial charge in [-0.25, -0.2) is 0 Å². The molecule has 0 spiro atoms. The van der Waals surface area contributed by atoms with Crippen LogP contribution in [0.5, 0.6) is 5.75 Å². The molecule has 3 aromatic rings. The van der Waals surface area contributed by atoms with Gasteiger partial charge in [0.25, 0.3) is 0 Å². The number of carbonyl (C=O) groups excluding carboxylic acids is 2. The minimum Gasteiger partial charge on any atom is -0.497 e. The van der Waals surface area contributed by atoms with Crippen LogP contribution < -0.4 is 9.64 Å². The number of nitrogens with zero attached hydrogens (tertiary/aromatic N) is 2. The first kappa shape index (κ1) is 19.7. The van der Waals surface area contributed by atoms with E-state index in [9.17, 15) is 9.59 Å². The molecule has 1 unspecified atom stereocenters. The van der Waals surface area contributed by atoms with Crippen LogP contribution in [0.1, 0.15) is 17.7 Å². The number of aromatic nitrogens is 1. The molecule has 1 aliphatic rings. The van der Waals surface area contributed by atoms with E-state index >= 15 is 0 Å². The summed E-state index contributed by atoms with van der Waals surface area (Å²) >= 11 is 0. The summed E-state index contributed by atoms with van der Waals surface area (Å²) in [4.78, 5) is 26.6. The van der Waals surface area contributed by atoms with Crippen molar-refractivity contribution in [2.24, 2.45) is 5.92 Å². The standard InChI is InChI=1S/C23H22N2O5/c1-15-5-3-4-6-20(15)25-13-17(11-22(25)26)23(27)29-14-18-12-21(30-24-18)16-7-9-19(28-2)10-8-16/h3-10,12,17H,11,13-14H2,1-2H3. The highest BCUT2D eigenvalue weighted by atomic mass is 16.5. The number of carbonyl (C=O) groups is 2. The van der Waals surface area contributed by atoms with Crippen molar-refractivity contribution < 1.29 is 23.6 Å². The van der Waals surface area contributed by atoms with E-state index in [-0.39, 0.29) is 18.9 Å². The molecule has 1 atom stereocenters. The Labute approximate surface area is 174 Å². The van der Waals surface area contributed by atoms with E-state index < -0.39 is 11.9 Å². The highest BCUT2D eigenvalue weighted by Gasteiger charge is 2.36. The van der Waals surface area contributed by atoms with Crippen LogP contribution in [0.3, 0.4) is 0 Å². The van der Waals surface area contributed by atoms with Gasteiger partial charge in [0.2, 0.25) is 5.91 Å². The zero-order chi connectivity index (χ0) is 21.1. The molecule has 0 saturated carbocycles. The molecule has 4 rings (SSSR count). The molecule has 0 radical (unpaired) electrons. The molecule has 0 N–H and O–H groups in total. The van der Waals surface area contributed by atoms with E-state index in [4.69, 9.17) is 14.0 Å². The van der Waals surface area contributed by atoms with E-state index in [1.807, 2.05) is 55.5 Å². The maximum Gasteiger partial charge on any atom is 0.311 e. The summed E-state index contributed by atoms with van der Waals surface area (Å²) < 4.78 is 15.9. The largest absolute Gasteiger partial charge is 0.497 e. The lowest BCUT2D eigenvalue weighted by Crippen LogP contribution is -2.27. The Morgan fingerprint density at radius 3 is 2.70 bits per heavy atom. The molecule has 0 aliphatic carbocycles. The second-order valence-electron chi connectivity index (χ2n) is 7.21. The van der Waals surface area contributed by atoms with Crippen molar-refractivity contribution >= 4 is 17.6 Å². The SMILES string of the molecule is COc1ccc(-c2cc(COC(=O)C3CC(=O)N(c4ccccc4C)C3)no2)cc1. The van der Waals surface area contributed by atoms with Crippen molar-refractivity contribution in [3.05, 3.63) is 65.9 Å². The van der Waals surface area contributed by atoms with Crippen LogP contribution in [0.4, 0.5) is 5.69 Å². The van der Waals surface area contributed by atoms with Crippen LogP contribution in [0.25, 0.3) is 11.3 Å². The number of para-hydroxylation sites is 1. The first-order valence-electron chi connectivity index (χ1n) is 9.68. The molecule has 2 aromatic carbocycles. The molecule has 1 aromatic heterocycles. The number of benzene rings is 2. The summed E-state index contributed by atoms with van der Waals surface area (Å²) in [6, 6.07) is 16.7. The lowest BCUT2D eigenvalue weighted by atomic mass is 10.1. The molecule has 7 nitrogen and oxygen atoms in total. The predicted molar refractivity (Wildman–Crippen MR) is 110 cm³/mol. The molecule has 2 heterocycles. The summed E-state index contributed by atoms with van der Waals surface area (Å²) in [6.45, 7) is 2.26. The number of ether oxygens (including phenoxy) is 2. The number of aryl methyl sites for hydroxylation is 1. The smallest absolute Gasteiger partial charge is 0.311 e. The quantitative estimate of drug-likeness (QED) is 0.580. The third kappa shape index (κ3) is 4.05. The van der Waals surface area contributed by atoms with Gasteiger partial charge in [0, 0.05) is 30.3 Å². The highest BCUT2D eigenvalue weighted by molar-refractivity contribution is 6.00. The number of rotatable bonds is 6. The average Bonchev–Trinajstić information content (AvgIpc) is 3.39. The molecule has 154 valence electrons. The number of hydrogen-bond acceptors (Lipinski definition) is 6. The van der Waals surface area contributed by atoms with Gasteiger partial charge in [-0.2, -0.15) is 0 Å². The Balaban J connectivity index is 1.35. The normalized spacial score (nSPS) is 16.0. The average molecular weight is 406 g/mol. The van der Waals surface area contributed by atoms with Gasteiger partial charge in [0.15, 0.2) is 5.76 Å². The number of anilines is 1. The molecule has 1 saturated heterocycles. The molecule has 1 aliphatic heterocycles. The number of esters is 1. The second-order valence-corrected chi connectivity index (χ2v) is 7.21. The summed E-state index contributed by atoms with van der Waals surface area (Å²) in [6.07, 6.45) is 0.142. The van der Waals surface area contributed by atoms with E-state index in [0.717, 1.165) is 22.6 Å². The van der Waals surface area contributed by atoms with Crippen LogP contribution in [-0.2, 0) is 20.9 Å². The summed E-state index contributed by atoms with van der Waals surface area (Å²) in [7, 11) is 1.61. The number of hydrogen-bond donors (Lipinski definition) is 0. The van der Waals surface area contributed by atoms with E-state index in [2.05, 4.69) is 5.16 Å². The van der Waals surface area contributed by atoms with Crippen molar-refractivity contribution in [3.8, 4) is 17.1 Å². The molecular weight excluding hydrogens is 384 g/mol. The Morgan fingerprint density at radius 2 is 1.97 bits per heavy atom. The van der Waals surface area contributed by atoms with Gasteiger partial charge in [0.05, 0.1) is 13.0 Å². The monoisotopic (exact) mass is 406 g/mol. The highest BCUT2D eigenvalue weighted by Crippen LogP contribution is 2.29. The van der Waals surface area contributed by atoms with Crippen LogP contribution in [-0.4, -0.2) is 30.7 Å². The van der Waals surface area contributed by atoms with E-state index in [1.165, 1.54) is 0 Å². The van der Waals surface area contributed by atoms with Crippen LogP contribution >= 0.6 is 0 Å². The van der Waals surface area contributed by atoms with Gasteiger partial charge < -0.3 is 18.9 Å². The van der Waals surface area contributed by atoms with Gasteiger partial charge in [-0.1, -0.05) is 23.4 Å². The van der Waals surface area contributed by atoms with Crippen molar-refractivity contribution in [2.75, 3.05) is 18.6 Å². The zero-order valence-corrected chi connectivity index (χ0v) is 16.8. The molecule has 1 amide bonds. The molecular formula is C23H22N2O5. The van der Waals surface area contributed by atoms with Crippen LogP contribution in [0, 0.1) is 12.8 Å². The Kier molecular flexibility index (Phi) is 5.52. The van der Waals surface area contributed by atoms with Gasteiger partial charge >= 0.3 is 5.97 Å². The topological polar surface area (TPSA) is 81.9 Å². The molecule has 30 heavy (non-hydrogen) atoms. The summed E-state index contributed by atoms with van der Waals surface area (Å²) in [5.41, 5.74) is 3.18. The summed E-state index contributed by atoms with van der Waals surface area (Å²) in [5, 5.41) is 3.96. The van der Waals surface area contributed by atoms with Crippen molar-refractivity contribution in [3.63, 3.8) is 0 Å². The maximum atomic E-state index is 12.5. The van der Waals surface area contributed by atoms with Crippen molar-refractivity contribution in [2.45, 2.75) is 20.0 Å². The first-order valence-corrected chi connectivity index (χ1v) is 9.68. The third-order valence-electron chi connectivity index (χ3n) is 5.16. The number of amides is 1. The Hall–Kier alpha value is -3.61. The van der Waals surface area contributed by atoms with Crippen LogP contribution in [0.2, 0.25) is 0 Å². The fourth-order valence-electron chi connectivity index (χ4n) is 3.50. The van der Waals surface area contributed by atoms with Gasteiger partial charge in [-0.05, 0) is 42.8 Å². The van der Waals surface area contributed by atoms with Crippen LogP contribution in [0.15, 0.2) is 59.1 Å². The second kappa shape index (κ2) is 8.41. The van der Waals surface area contributed by atoms with Crippen molar-refractivity contribution in [1.82, 2.24) is 5.16 Å². The fourth-order valence-corrected chi connectivity index (χ4v) is 3.50. The lowest BCUT2D eigenvalue weighted by molar-refractivity contribution is -0.149. The molecule has 1 fully saturated rings. The molecule has 0 bridgehead atoms. The fraction of sp³-hybridized carbons (Fsp3) is 0.261. The molecule has 7 heteroatoms. The van der Waals surface area contributed by atoms with Gasteiger partial charge in [-0.15, -0.1) is 0 Å². The first-order chi connectivity index (χ1) is 14.5. The van der Waals surface area contributed by atoms with Crippen molar-refractivity contribution in [1.29, 1.82) is 0 Å². The lowest BCUT2D eigenvalue weighted by Gasteiger charge is -2.18. The van der Waals surface area contributed by atoms with E-state index in [0.29, 0.717) is 18.0 Å². The Bertz CT molecular complexity index is 1060. The maximum absolute atomic E-state index is 12.5. The predicted octanol–water partition coefficient (Wildman–Crippen LogP) is 3.75. The number of methoxy groups -OCH3 is 1. The van der Waals surface area contributed by atoms with Gasteiger partial charge in [-0.3, -0.25) is 9.59 Å². The zero-order valence-electron chi connectivity index (χ0n) is 16.8. The Morgan fingerprint density at radius 1 is 1.20 bits per heavy atom. The minimum atomic E-state index is -0.495. The van der Waals surface area contributed by atoms with Gasteiger partial charge in [0.1, 0.15) is 18.1 Å².